The first-order chi connectivity index (χ1) is 11.3. The van der Waals surface area contributed by atoms with Crippen LogP contribution in [0.5, 0.6) is 0 Å². The van der Waals surface area contributed by atoms with Crippen LogP contribution in [0, 0.1) is 0 Å². The van der Waals surface area contributed by atoms with E-state index in [0.29, 0.717) is 43.2 Å². The van der Waals surface area contributed by atoms with Gasteiger partial charge in [-0.2, -0.15) is 4.98 Å². The van der Waals surface area contributed by atoms with Crippen molar-refractivity contribution in [2.24, 2.45) is 0 Å². The van der Waals surface area contributed by atoms with Gasteiger partial charge in [-0.05, 0) is 12.8 Å². The van der Waals surface area contributed by atoms with E-state index >= 15 is 0 Å². The monoisotopic (exact) mass is 319 g/mol. The number of aryl methyl sites for hydroxylation is 1. The Morgan fingerprint density at radius 1 is 1.26 bits per heavy atom. The van der Waals surface area contributed by atoms with Crippen molar-refractivity contribution in [3.63, 3.8) is 0 Å². The van der Waals surface area contributed by atoms with Crippen LogP contribution in [-0.2, 0) is 17.6 Å². The summed E-state index contributed by atoms with van der Waals surface area (Å²) in [5.41, 5.74) is 0. The molecule has 1 aliphatic carbocycles. The summed E-state index contributed by atoms with van der Waals surface area (Å²) in [5, 5.41) is 12.4. The molecule has 0 radical (unpaired) electrons. The number of ether oxygens (including phenoxy) is 1. The van der Waals surface area contributed by atoms with Crippen molar-refractivity contribution in [2.45, 2.75) is 51.0 Å². The minimum Gasteiger partial charge on any atom is -0.408 e. The first kappa shape index (κ1) is 14.6. The molecule has 2 aliphatic rings. The van der Waals surface area contributed by atoms with Crippen molar-refractivity contribution in [3.05, 3.63) is 17.6 Å². The Morgan fingerprint density at radius 2 is 2.17 bits per heavy atom. The first-order valence-corrected chi connectivity index (χ1v) is 8.33. The van der Waals surface area contributed by atoms with E-state index < -0.39 is 0 Å². The van der Waals surface area contributed by atoms with Crippen LogP contribution in [-0.4, -0.2) is 46.1 Å². The van der Waals surface area contributed by atoms with E-state index in [1.54, 1.807) is 0 Å². The minimum atomic E-state index is 0.00473. The first-order valence-electron chi connectivity index (χ1n) is 8.33. The lowest BCUT2D eigenvalue weighted by Crippen LogP contribution is -2.43. The molecule has 8 nitrogen and oxygen atoms in total. The molecule has 0 amide bonds. The van der Waals surface area contributed by atoms with Crippen LogP contribution < -0.4 is 4.90 Å². The van der Waals surface area contributed by atoms with Gasteiger partial charge in [0.25, 0.3) is 0 Å². The normalized spacial score (nSPS) is 22.3. The molecule has 2 aromatic heterocycles. The molecular formula is C15H21N5O3. The lowest BCUT2D eigenvalue weighted by molar-refractivity contribution is 0.0376. The standard InChI is InChI=1S/C15H21N5O3/c1-2-13-16-12(19-23-13)8-11-9-20(6-7-21-11)15-18-17-14(22-15)10-4-3-5-10/h10-11H,2-9H2,1H3/t11-/m0/s1. The molecule has 8 heteroatoms. The van der Waals surface area contributed by atoms with Gasteiger partial charge in [-0.1, -0.05) is 23.6 Å². The zero-order valence-electron chi connectivity index (χ0n) is 13.3. The summed E-state index contributed by atoms with van der Waals surface area (Å²) in [4.78, 5) is 6.43. The number of hydrogen-bond acceptors (Lipinski definition) is 8. The van der Waals surface area contributed by atoms with Gasteiger partial charge in [0, 0.05) is 31.8 Å². The van der Waals surface area contributed by atoms with Crippen LogP contribution in [0.3, 0.4) is 0 Å². The summed E-state index contributed by atoms with van der Waals surface area (Å²) >= 11 is 0. The number of aromatic nitrogens is 4. The molecule has 1 atom stereocenters. The molecular weight excluding hydrogens is 298 g/mol. The molecule has 0 bridgehead atoms. The molecule has 2 fully saturated rings. The van der Waals surface area contributed by atoms with Crippen molar-refractivity contribution in [1.29, 1.82) is 0 Å². The highest BCUT2D eigenvalue weighted by Crippen LogP contribution is 2.36. The Morgan fingerprint density at radius 3 is 2.91 bits per heavy atom. The van der Waals surface area contributed by atoms with Gasteiger partial charge in [0.1, 0.15) is 0 Å². The van der Waals surface area contributed by atoms with Crippen molar-refractivity contribution in [2.75, 3.05) is 24.6 Å². The van der Waals surface area contributed by atoms with Crippen LogP contribution in [0.25, 0.3) is 0 Å². The molecule has 3 heterocycles. The Balaban J connectivity index is 1.39. The van der Waals surface area contributed by atoms with Gasteiger partial charge in [-0.15, -0.1) is 5.10 Å². The van der Waals surface area contributed by atoms with E-state index in [1.807, 2.05) is 6.92 Å². The van der Waals surface area contributed by atoms with Crippen LogP contribution in [0.2, 0.25) is 0 Å². The summed E-state index contributed by atoms with van der Waals surface area (Å²) in [6.07, 6.45) is 4.95. The van der Waals surface area contributed by atoms with Crippen molar-refractivity contribution in [1.82, 2.24) is 20.3 Å². The van der Waals surface area contributed by atoms with Gasteiger partial charge in [-0.25, -0.2) is 0 Å². The highest BCUT2D eigenvalue weighted by Gasteiger charge is 2.29. The van der Waals surface area contributed by atoms with Crippen LogP contribution in [0.4, 0.5) is 6.01 Å². The zero-order chi connectivity index (χ0) is 15.6. The number of morpholine rings is 1. The zero-order valence-corrected chi connectivity index (χ0v) is 13.3. The molecule has 0 N–H and O–H groups in total. The quantitative estimate of drug-likeness (QED) is 0.823. The second kappa shape index (κ2) is 6.27. The maximum Gasteiger partial charge on any atom is 0.318 e. The minimum absolute atomic E-state index is 0.00473. The third-order valence-corrected chi connectivity index (χ3v) is 4.52. The molecule has 0 aromatic carbocycles. The smallest absolute Gasteiger partial charge is 0.318 e. The van der Waals surface area contributed by atoms with Gasteiger partial charge in [0.05, 0.1) is 12.7 Å². The Bertz CT molecular complexity index is 651. The summed E-state index contributed by atoms with van der Waals surface area (Å²) in [5.74, 6) is 2.59. The van der Waals surface area contributed by atoms with Gasteiger partial charge in [-0.3, -0.25) is 0 Å². The van der Waals surface area contributed by atoms with Crippen LogP contribution in [0.1, 0.15) is 49.7 Å². The van der Waals surface area contributed by atoms with Crippen LogP contribution >= 0.6 is 0 Å². The number of hydrogen-bond donors (Lipinski definition) is 0. The molecule has 23 heavy (non-hydrogen) atoms. The van der Waals surface area contributed by atoms with Gasteiger partial charge < -0.3 is 18.6 Å². The summed E-state index contributed by atoms with van der Waals surface area (Å²) < 4.78 is 16.8. The van der Waals surface area contributed by atoms with Crippen LogP contribution in [0.15, 0.2) is 8.94 Å². The van der Waals surface area contributed by atoms with E-state index in [9.17, 15) is 0 Å². The third-order valence-electron chi connectivity index (χ3n) is 4.52. The van der Waals surface area contributed by atoms with E-state index in [2.05, 4.69) is 25.2 Å². The van der Waals surface area contributed by atoms with Crippen molar-refractivity contribution < 1.29 is 13.7 Å². The highest BCUT2D eigenvalue weighted by atomic mass is 16.5. The fraction of sp³-hybridized carbons (Fsp3) is 0.733. The molecule has 0 spiro atoms. The second-order valence-electron chi connectivity index (χ2n) is 6.15. The number of anilines is 1. The van der Waals surface area contributed by atoms with Gasteiger partial charge in [0.2, 0.25) is 11.8 Å². The average Bonchev–Trinajstić information content (AvgIpc) is 3.15. The van der Waals surface area contributed by atoms with E-state index in [0.717, 1.165) is 31.7 Å². The maximum atomic E-state index is 5.85. The maximum absolute atomic E-state index is 5.85. The molecule has 4 rings (SSSR count). The third kappa shape index (κ3) is 3.08. The highest BCUT2D eigenvalue weighted by molar-refractivity contribution is 5.26. The average molecular weight is 319 g/mol. The molecule has 1 saturated heterocycles. The van der Waals surface area contributed by atoms with E-state index in [-0.39, 0.29) is 6.10 Å². The Kier molecular flexibility index (Phi) is 3.99. The lowest BCUT2D eigenvalue weighted by atomic mass is 9.85. The molecule has 0 unspecified atom stereocenters. The van der Waals surface area contributed by atoms with E-state index in [1.165, 1.54) is 6.42 Å². The molecule has 1 aliphatic heterocycles. The summed E-state index contributed by atoms with van der Waals surface area (Å²) in [7, 11) is 0. The second-order valence-corrected chi connectivity index (χ2v) is 6.15. The largest absolute Gasteiger partial charge is 0.408 e. The molecule has 2 aromatic rings. The number of nitrogens with zero attached hydrogens (tertiary/aromatic N) is 5. The van der Waals surface area contributed by atoms with Gasteiger partial charge in [0.15, 0.2) is 5.82 Å². The Labute approximate surface area is 134 Å². The fourth-order valence-electron chi connectivity index (χ4n) is 2.91. The Hall–Kier alpha value is -1.96. The lowest BCUT2D eigenvalue weighted by Gasteiger charge is -2.31. The predicted molar refractivity (Wildman–Crippen MR) is 80.2 cm³/mol. The van der Waals surface area contributed by atoms with E-state index in [4.69, 9.17) is 13.7 Å². The topological polar surface area (TPSA) is 90.3 Å². The van der Waals surface area contributed by atoms with Crippen molar-refractivity contribution in [3.8, 4) is 0 Å². The fourth-order valence-corrected chi connectivity index (χ4v) is 2.91. The molecule has 1 saturated carbocycles. The summed E-state index contributed by atoms with van der Waals surface area (Å²) in [6.45, 7) is 4.08. The molecule has 124 valence electrons. The summed E-state index contributed by atoms with van der Waals surface area (Å²) in [6, 6.07) is 0.600. The number of rotatable bonds is 5. The van der Waals surface area contributed by atoms with Crippen molar-refractivity contribution >= 4 is 6.01 Å². The SMILES string of the molecule is CCc1nc(C[C@H]2CN(c3nnc(C4CCC4)o3)CCO2)no1. The van der Waals surface area contributed by atoms with Gasteiger partial charge >= 0.3 is 6.01 Å². The predicted octanol–water partition coefficient (Wildman–Crippen LogP) is 1.73.